The van der Waals surface area contributed by atoms with Gasteiger partial charge >= 0.3 is 0 Å². The van der Waals surface area contributed by atoms with Crippen molar-refractivity contribution in [3.8, 4) is 0 Å². The number of benzene rings is 2. The Morgan fingerprint density at radius 1 is 1.00 bits per heavy atom. The molecular weight excluding hydrogens is 426 g/mol. The maximum absolute atomic E-state index is 12.4. The molecule has 1 heterocycles. The second-order valence-electron chi connectivity index (χ2n) is 7.37. The zero-order chi connectivity index (χ0) is 21.0. The average Bonchev–Trinajstić information content (AvgIpc) is 3.13. The van der Waals surface area contributed by atoms with Crippen molar-refractivity contribution in [2.45, 2.75) is 30.5 Å². The summed E-state index contributed by atoms with van der Waals surface area (Å²) >= 11 is 8.36. The van der Waals surface area contributed by atoms with E-state index >= 15 is 0 Å². The first-order valence-electron chi connectivity index (χ1n) is 8.89. The lowest BCUT2D eigenvalue weighted by molar-refractivity contribution is 0.101. The van der Waals surface area contributed by atoms with Crippen molar-refractivity contribution < 1.29 is 9.59 Å². The minimum atomic E-state index is -0.240. The molecule has 0 aliphatic rings. The van der Waals surface area contributed by atoms with Crippen LogP contribution < -0.4 is 5.32 Å². The molecule has 0 unspecified atom stereocenters. The molecule has 3 rings (SSSR count). The summed E-state index contributed by atoms with van der Waals surface area (Å²) < 4.78 is 0.616. The van der Waals surface area contributed by atoms with Crippen LogP contribution in [0.4, 0.5) is 5.13 Å². The third kappa shape index (κ3) is 5.88. The largest absolute Gasteiger partial charge is 0.296 e. The van der Waals surface area contributed by atoms with E-state index in [4.69, 9.17) is 11.6 Å². The summed E-state index contributed by atoms with van der Waals surface area (Å²) in [5, 5.41) is 11.8. The number of carbonyl (C=O) groups is 2. The number of carbonyl (C=O) groups excluding carboxylic acids is 2. The maximum atomic E-state index is 12.4. The SMILES string of the molecule is CC(C)(C)c1ccc(C(=O)Nc2nnc(SCC(=O)c3ccc(Cl)cc3)s2)cc1. The van der Waals surface area contributed by atoms with E-state index in [-0.39, 0.29) is 22.9 Å². The number of Topliss-reactive ketones (excluding diaryl/α,β-unsaturated/α-hetero) is 1. The Labute approximate surface area is 182 Å². The fourth-order valence-corrected chi connectivity index (χ4v) is 4.22. The van der Waals surface area contributed by atoms with Gasteiger partial charge in [0.1, 0.15) is 0 Å². The molecule has 0 saturated carbocycles. The van der Waals surface area contributed by atoms with Crippen molar-refractivity contribution in [3.05, 3.63) is 70.2 Å². The van der Waals surface area contributed by atoms with Gasteiger partial charge in [-0.05, 0) is 47.4 Å². The van der Waals surface area contributed by atoms with Gasteiger partial charge in [-0.25, -0.2) is 0 Å². The Balaban J connectivity index is 1.56. The molecule has 0 aliphatic carbocycles. The third-order valence-electron chi connectivity index (χ3n) is 4.13. The second-order valence-corrected chi connectivity index (χ2v) is 10.0. The first-order chi connectivity index (χ1) is 13.7. The Kier molecular flexibility index (Phi) is 6.72. The van der Waals surface area contributed by atoms with E-state index in [1.807, 2.05) is 12.1 Å². The topological polar surface area (TPSA) is 72.0 Å². The fourth-order valence-electron chi connectivity index (χ4n) is 2.46. The van der Waals surface area contributed by atoms with Gasteiger partial charge in [0.2, 0.25) is 5.13 Å². The molecule has 2 aromatic carbocycles. The van der Waals surface area contributed by atoms with Crippen LogP contribution in [-0.4, -0.2) is 27.6 Å². The number of amides is 1. The predicted molar refractivity (Wildman–Crippen MR) is 120 cm³/mol. The lowest BCUT2D eigenvalue weighted by atomic mass is 9.87. The third-order valence-corrected chi connectivity index (χ3v) is 6.36. The van der Waals surface area contributed by atoms with Crippen molar-refractivity contribution in [1.29, 1.82) is 0 Å². The monoisotopic (exact) mass is 445 g/mol. The maximum Gasteiger partial charge on any atom is 0.257 e. The molecule has 0 spiro atoms. The summed E-state index contributed by atoms with van der Waals surface area (Å²) in [6.07, 6.45) is 0. The van der Waals surface area contributed by atoms with Gasteiger partial charge in [0, 0.05) is 16.1 Å². The van der Waals surface area contributed by atoms with Gasteiger partial charge in [-0.1, -0.05) is 67.6 Å². The number of anilines is 1. The van der Waals surface area contributed by atoms with Gasteiger partial charge in [0.25, 0.3) is 5.91 Å². The highest BCUT2D eigenvalue weighted by molar-refractivity contribution is 8.01. The zero-order valence-electron chi connectivity index (χ0n) is 16.2. The lowest BCUT2D eigenvalue weighted by Gasteiger charge is -2.18. The van der Waals surface area contributed by atoms with Crippen LogP contribution in [0.3, 0.4) is 0 Å². The zero-order valence-corrected chi connectivity index (χ0v) is 18.6. The molecule has 5 nitrogen and oxygen atoms in total. The van der Waals surface area contributed by atoms with Gasteiger partial charge in [-0.2, -0.15) is 0 Å². The van der Waals surface area contributed by atoms with Gasteiger partial charge < -0.3 is 0 Å². The van der Waals surface area contributed by atoms with E-state index < -0.39 is 0 Å². The Morgan fingerprint density at radius 3 is 2.24 bits per heavy atom. The van der Waals surface area contributed by atoms with Gasteiger partial charge in [-0.15, -0.1) is 10.2 Å². The van der Waals surface area contributed by atoms with Crippen molar-refractivity contribution in [2.75, 3.05) is 11.1 Å². The Morgan fingerprint density at radius 2 is 1.62 bits per heavy atom. The van der Waals surface area contributed by atoms with E-state index in [1.165, 1.54) is 23.1 Å². The molecule has 3 aromatic rings. The first kappa shape index (κ1) is 21.5. The molecule has 1 aromatic heterocycles. The van der Waals surface area contributed by atoms with Crippen LogP contribution >= 0.6 is 34.7 Å². The van der Waals surface area contributed by atoms with Crippen LogP contribution in [0.5, 0.6) is 0 Å². The number of aromatic nitrogens is 2. The second kappa shape index (κ2) is 9.07. The molecule has 8 heteroatoms. The number of nitrogens with zero attached hydrogens (tertiary/aromatic N) is 2. The number of hydrogen-bond donors (Lipinski definition) is 1. The van der Waals surface area contributed by atoms with Crippen LogP contribution in [0.2, 0.25) is 5.02 Å². The van der Waals surface area contributed by atoms with Crippen LogP contribution in [0, 0.1) is 0 Å². The van der Waals surface area contributed by atoms with Crippen LogP contribution in [-0.2, 0) is 5.41 Å². The van der Waals surface area contributed by atoms with Crippen LogP contribution in [0.15, 0.2) is 52.9 Å². The van der Waals surface area contributed by atoms with E-state index in [9.17, 15) is 9.59 Å². The Hall–Kier alpha value is -2.22. The van der Waals surface area contributed by atoms with E-state index in [0.717, 1.165) is 5.56 Å². The van der Waals surface area contributed by atoms with E-state index in [2.05, 4.69) is 36.3 Å². The minimum absolute atomic E-state index is 0.0219. The fraction of sp³-hybridized carbons (Fsp3) is 0.238. The Bertz CT molecular complexity index is 1010. The van der Waals surface area contributed by atoms with Gasteiger partial charge in [-0.3, -0.25) is 14.9 Å². The van der Waals surface area contributed by atoms with Crippen molar-refractivity contribution in [2.24, 2.45) is 0 Å². The highest BCUT2D eigenvalue weighted by Gasteiger charge is 2.16. The average molecular weight is 446 g/mol. The van der Waals surface area contributed by atoms with Crippen LogP contribution in [0.1, 0.15) is 47.1 Å². The normalized spacial score (nSPS) is 11.3. The number of nitrogens with one attached hydrogen (secondary N) is 1. The van der Waals surface area contributed by atoms with Gasteiger partial charge in [0.05, 0.1) is 5.75 Å². The molecule has 0 radical (unpaired) electrons. The summed E-state index contributed by atoms with van der Waals surface area (Å²) in [6, 6.07) is 14.3. The van der Waals surface area contributed by atoms with Crippen molar-refractivity contribution in [1.82, 2.24) is 10.2 Å². The number of ketones is 1. The van der Waals surface area contributed by atoms with Crippen molar-refractivity contribution in [3.63, 3.8) is 0 Å². The van der Waals surface area contributed by atoms with Crippen LogP contribution in [0.25, 0.3) is 0 Å². The molecular formula is C21H20ClN3O2S2. The summed E-state index contributed by atoms with van der Waals surface area (Å²) in [6.45, 7) is 6.38. The predicted octanol–water partition coefficient (Wildman–Crippen LogP) is 5.72. The summed E-state index contributed by atoms with van der Waals surface area (Å²) in [7, 11) is 0. The highest BCUT2D eigenvalue weighted by atomic mass is 35.5. The quantitative estimate of drug-likeness (QED) is 0.298. The summed E-state index contributed by atoms with van der Waals surface area (Å²) in [5.74, 6) is -0.0276. The minimum Gasteiger partial charge on any atom is -0.296 e. The summed E-state index contributed by atoms with van der Waals surface area (Å²) in [5.41, 5.74) is 2.34. The molecule has 0 bridgehead atoms. The molecule has 0 atom stereocenters. The first-order valence-corrected chi connectivity index (χ1v) is 11.1. The molecule has 0 fully saturated rings. The highest BCUT2D eigenvalue weighted by Crippen LogP contribution is 2.27. The molecule has 150 valence electrons. The summed E-state index contributed by atoms with van der Waals surface area (Å²) in [4.78, 5) is 24.6. The molecule has 1 N–H and O–H groups in total. The van der Waals surface area contributed by atoms with Crippen molar-refractivity contribution >= 4 is 51.5 Å². The van der Waals surface area contributed by atoms with E-state index in [1.54, 1.807) is 36.4 Å². The van der Waals surface area contributed by atoms with Gasteiger partial charge in [0.15, 0.2) is 10.1 Å². The molecule has 1 amide bonds. The molecule has 0 aliphatic heterocycles. The number of thioether (sulfide) groups is 1. The smallest absolute Gasteiger partial charge is 0.257 e. The molecule has 29 heavy (non-hydrogen) atoms. The number of rotatable bonds is 6. The van der Waals surface area contributed by atoms with E-state index in [0.29, 0.717) is 25.6 Å². The number of halogens is 1. The lowest BCUT2D eigenvalue weighted by Crippen LogP contribution is -2.14. The number of hydrogen-bond acceptors (Lipinski definition) is 6. The standard InChI is InChI=1S/C21H20ClN3O2S2/c1-21(2,3)15-8-4-14(5-9-15)18(27)23-19-24-25-20(29-19)28-12-17(26)13-6-10-16(22)11-7-13/h4-11H,12H2,1-3H3,(H,23,24,27). The molecule has 0 saturated heterocycles.